The van der Waals surface area contributed by atoms with Gasteiger partial charge in [0.05, 0.1) is 0 Å². The zero-order chi connectivity index (χ0) is 24.3. The van der Waals surface area contributed by atoms with Crippen molar-refractivity contribution in [3.8, 4) is 11.1 Å². The van der Waals surface area contributed by atoms with Gasteiger partial charge in [0, 0.05) is 24.9 Å². The summed E-state index contributed by atoms with van der Waals surface area (Å²) in [5.74, 6) is -1.38. The average Bonchev–Trinajstić information content (AvgIpc) is 3.39. The highest BCUT2D eigenvalue weighted by atomic mass is 16.5. The number of benzene rings is 2. The highest BCUT2D eigenvalue weighted by molar-refractivity contribution is 5.88. The third-order valence-corrected chi connectivity index (χ3v) is 7.22. The van der Waals surface area contributed by atoms with E-state index in [-0.39, 0.29) is 24.3 Å². The summed E-state index contributed by atoms with van der Waals surface area (Å²) in [5, 5.41) is 12.3. The number of fused-ring (bicyclic) bond motifs is 3. The summed E-state index contributed by atoms with van der Waals surface area (Å²) in [6.07, 6.45) is 1.87. The van der Waals surface area contributed by atoms with Gasteiger partial charge in [-0.3, -0.25) is 4.79 Å². The van der Waals surface area contributed by atoms with Gasteiger partial charge >= 0.3 is 12.1 Å². The summed E-state index contributed by atoms with van der Waals surface area (Å²) >= 11 is 0. The van der Waals surface area contributed by atoms with Crippen molar-refractivity contribution < 1.29 is 24.2 Å². The molecule has 7 nitrogen and oxygen atoms in total. The minimum absolute atomic E-state index is 0.0137. The second-order valence-electron chi connectivity index (χ2n) is 9.47. The fourth-order valence-electron chi connectivity index (χ4n) is 5.18. The fraction of sp³-hybridized carbons (Fsp3) is 0.444. The Morgan fingerprint density at radius 2 is 1.74 bits per heavy atom. The lowest BCUT2D eigenvalue weighted by Crippen LogP contribution is -2.52. The monoisotopic (exact) mass is 464 g/mol. The van der Waals surface area contributed by atoms with Crippen LogP contribution in [0.15, 0.2) is 48.5 Å². The van der Waals surface area contributed by atoms with Gasteiger partial charge in [-0.25, -0.2) is 9.59 Å². The number of nitrogens with one attached hydrogen (secondary N) is 1. The first kappa shape index (κ1) is 23.8. The van der Waals surface area contributed by atoms with Gasteiger partial charge in [-0.15, -0.1) is 0 Å². The highest BCUT2D eigenvalue weighted by Crippen LogP contribution is 2.44. The van der Waals surface area contributed by atoms with Gasteiger partial charge in [0.15, 0.2) is 0 Å². The van der Waals surface area contributed by atoms with Crippen LogP contribution in [0.2, 0.25) is 0 Å². The van der Waals surface area contributed by atoms with Crippen LogP contribution < -0.4 is 5.32 Å². The second kappa shape index (κ2) is 9.87. The van der Waals surface area contributed by atoms with Crippen LogP contribution in [-0.2, 0) is 14.3 Å². The molecule has 34 heavy (non-hydrogen) atoms. The highest BCUT2D eigenvalue weighted by Gasteiger charge is 2.46. The molecule has 1 aliphatic carbocycles. The van der Waals surface area contributed by atoms with E-state index in [4.69, 9.17) is 4.74 Å². The standard InChI is InChI=1S/C27H32N2O5/c1-18(24(30)29-16-8-14-27(29,2)25(31)32)9-7-15-28-26(33)34-17-23-21-12-5-3-10-19(21)20-11-4-6-13-22(20)23/h3-6,10-13,18,23H,7-9,14-17H2,1-2H3,(H,28,33)(H,31,32). The Morgan fingerprint density at radius 3 is 2.35 bits per heavy atom. The molecule has 2 unspecified atom stereocenters. The molecule has 2 amide bonds. The van der Waals surface area contributed by atoms with Crippen molar-refractivity contribution in [1.82, 2.24) is 10.2 Å². The average molecular weight is 465 g/mol. The molecular formula is C27H32N2O5. The Hall–Kier alpha value is -3.35. The molecule has 1 saturated heterocycles. The lowest BCUT2D eigenvalue weighted by molar-refractivity contribution is -0.156. The Labute approximate surface area is 200 Å². The van der Waals surface area contributed by atoms with Crippen LogP contribution in [0.4, 0.5) is 4.79 Å². The summed E-state index contributed by atoms with van der Waals surface area (Å²) < 4.78 is 5.54. The van der Waals surface area contributed by atoms with Crippen molar-refractivity contribution >= 4 is 18.0 Å². The number of carboxylic acids is 1. The molecule has 180 valence electrons. The topological polar surface area (TPSA) is 95.9 Å². The molecule has 7 heteroatoms. The number of carbonyl (C=O) groups excluding carboxylic acids is 2. The van der Waals surface area contributed by atoms with Crippen LogP contribution in [0.25, 0.3) is 11.1 Å². The molecule has 2 aromatic rings. The molecule has 2 aromatic carbocycles. The molecule has 0 spiro atoms. The van der Waals surface area contributed by atoms with Crippen LogP contribution in [0.3, 0.4) is 0 Å². The van der Waals surface area contributed by atoms with Crippen LogP contribution >= 0.6 is 0 Å². The van der Waals surface area contributed by atoms with Gasteiger partial charge in [0.1, 0.15) is 12.1 Å². The molecule has 0 aromatic heterocycles. The lowest BCUT2D eigenvalue weighted by Gasteiger charge is -2.33. The van der Waals surface area contributed by atoms with E-state index < -0.39 is 17.6 Å². The quantitative estimate of drug-likeness (QED) is 0.565. The molecule has 0 radical (unpaired) electrons. The Morgan fingerprint density at radius 1 is 1.12 bits per heavy atom. The zero-order valence-electron chi connectivity index (χ0n) is 19.8. The number of ether oxygens (including phenoxy) is 1. The van der Waals surface area contributed by atoms with Crippen molar-refractivity contribution in [3.63, 3.8) is 0 Å². The molecule has 1 aliphatic heterocycles. The predicted molar refractivity (Wildman–Crippen MR) is 128 cm³/mol. The van der Waals surface area contributed by atoms with E-state index in [0.717, 1.165) is 0 Å². The molecule has 4 rings (SSSR count). The largest absolute Gasteiger partial charge is 0.480 e. The molecule has 0 bridgehead atoms. The number of carboxylic acid groups (broad SMARTS) is 1. The Bertz CT molecular complexity index is 1040. The summed E-state index contributed by atoms with van der Waals surface area (Å²) in [6.45, 7) is 4.56. The van der Waals surface area contributed by atoms with Crippen molar-refractivity contribution in [2.24, 2.45) is 5.92 Å². The number of nitrogens with zero attached hydrogens (tertiary/aromatic N) is 1. The minimum Gasteiger partial charge on any atom is -0.480 e. The molecule has 2 N–H and O–H groups in total. The van der Waals surface area contributed by atoms with Gasteiger partial charge < -0.3 is 20.1 Å². The van der Waals surface area contributed by atoms with E-state index in [2.05, 4.69) is 29.6 Å². The van der Waals surface area contributed by atoms with Crippen LogP contribution in [0.5, 0.6) is 0 Å². The first-order valence-corrected chi connectivity index (χ1v) is 12.0. The summed E-state index contributed by atoms with van der Waals surface area (Å²) in [6, 6.07) is 16.4. The number of alkyl carbamates (subject to hydrolysis) is 1. The van der Waals surface area contributed by atoms with Crippen LogP contribution in [0, 0.1) is 5.92 Å². The van der Waals surface area contributed by atoms with Crippen molar-refractivity contribution in [2.45, 2.75) is 51.0 Å². The van der Waals surface area contributed by atoms with Crippen LogP contribution in [0.1, 0.15) is 56.6 Å². The van der Waals surface area contributed by atoms with E-state index in [9.17, 15) is 19.5 Å². The summed E-state index contributed by atoms with van der Waals surface area (Å²) in [4.78, 5) is 38.2. The summed E-state index contributed by atoms with van der Waals surface area (Å²) in [7, 11) is 0. The van der Waals surface area contributed by atoms with E-state index in [1.807, 2.05) is 31.2 Å². The van der Waals surface area contributed by atoms with E-state index in [1.54, 1.807) is 6.92 Å². The van der Waals surface area contributed by atoms with Gasteiger partial charge in [0.2, 0.25) is 5.91 Å². The predicted octanol–water partition coefficient (Wildman–Crippen LogP) is 4.41. The molecule has 1 heterocycles. The maximum atomic E-state index is 12.8. The second-order valence-corrected chi connectivity index (χ2v) is 9.47. The Balaban J connectivity index is 1.23. The third kappa shape index (κ3) is 4.52. The number of carbonyl (C=O) groups is 3. The number of likely N-dealkylation sites (tertiary alicyclic amines) is 1. The Kier molecular flexibility index (Phi) is 6.91. The SMILES string of the molecule is CC(CCCNC(=O)OCC1c2ccccc2-c2ccccc21)C(=O)N1CCCC1(C)C(=O)O. The number of amides is 2. The number of hydrogen-bond donors (Lipinski definition) is 2. The smallest absolute Gasteiger partial charge is 0.407 e. The van der Waals surface area contributed by atoms with E-state index in [1.165, 1.54) is 27.2 Å². The van der Waals surface area contributed by atoms with Crippen molar-refractivity contribution in [3.05, 3.63) is 59.7 Å². The number of hydrogen-bond acceptors (Lipinski definition) is 4. The molecular weight excluding hydrogens is 432 g/mol. The van der Waals surface area contributed by atoms with Gasteiger partial charge in [-0.2, -0.15) is 0 Å². The normalized spacial score (nSPS) is 19.9. The van der Waals surface area contributed by atoms with Crippen LogP contribution in [-0.4, -0.2) is 53.2 Å². The van der Waals surface area contributed by atoms with E-state index >= 15 is 0 Å². The minimum atomic E-state index is -1.12. The summed E-state index contributed by atoms with van der Waals surface area (Å²) in [5.41, 5.74) is 3.58. The molecule has 2 atom stereocenters. The zero-order valence-corrected chi connectivity index (χ0v) is 19.8. The number of aliphatic carboxylic acids is 1. The maximum Gasteiger partial charge on any atom is 0.407 e. The van der Waals surface area contributed by atoms with E-state index in [0.29, 0.717) is 38.8 Å². The van der Waals surface area contributed by atoms with Gasteiger partial charge in [0.25, 0.3) is 0 Å². The lowest BCUT2D eigenvalue weighted by atomic mass is 9.96. The molecule has 1 fully saturated rings. The third-order valence-electron chi connectivity index (χ3n) is 7.22. The van der Waals surface area contributed by atoms with Crippen molar-refractivity contribution in [2.75, 3.05) is 19.7 Å². The number of rotatable bonds is 8. The molecule has 2 aliphatic rings. The van der Waals surface area contributed by atoms with Gasteiger partial charge in [-0.1, -0.05) is 55.5 Å². The van der Waals surface area contributed by atoms with Crippen molar-refractivity contribution in [1.29, 1.82) is 0 Å². The first-order chi connectivity index (χ1) is 16.3. The fourth-order valence-corrected chi connectivity index (χ4v) is 5.18. The van der Waals surface area contributed by atoms with Gasteiger partial charge in [-0.05, 0) is 54.9 Å². The maximum absolute atomic E-state index is 12.8. The first-order valence-electron chi connectivity index (χ1n) is 12.0. The molecule has 0 saturated carbocycles.